The molecule has 0 amide bonds. The van der Waals surface area contributed by atoms with Crippen LogP contribution in [-0.4, -0.2) is 25.7 Å². The minimum atomic E-state index is -0.105. The first-order valence-corrected chi connectivity index (χ1v) is 6.15. The molecule has 1 aromatic rings. The molecule has 0 aliphatic rings. The van der Waals surface area contributed by atoms with Gasteiger partial charge in [-0.2, -0.15) is 0 Å². The molecule has 0 saturated heterocycles. The molecular formula is C15H22N2O. The van der Waals surface area contributed by atoms with Crippen LogP contribution in [0.25, 0.3) is 0 Å². The summed E-state index contributed by atoms with van der Waals surface area (Å²) in [5.74, 6) is 3.47. The number of aryl methyl sites for hydroxylation is 1. The second-order valence-corrected chi connectivity index (χ2v) is 4.67. The lowest BCUT2D eigenvalue weighted by Gasteiger charge is -2.28. The molecule has 0 fully saturated rings. The van der Waals surface area contributed by atoms with Gasteiger partial charge in [-0.3, -0.25) is 5.32 Å². The number of hydrogen-bond acceptors (Lipinski definition) is 3. The Hall–Kier alpha value is -1.50. The van der Waals surface area contributed by atoms with Crippen LogP contribution in [0.15, 0.2) is 24.3 Å². The van der Waals surface area contributed by atoms with Crippen LogP contribution in [0.5, 0.6) is 5.75 Å². The van der Waals surface area contributed by atoms with E-state index in [1.165, 1.54) is 5.56 Å². The number of hydrogen-bond donors (Lipinski definition) is 2. The standard InChI is InChI=1S/C15H22N2O/c1-4-11-17-15(2,12-16)10-9-13-5-7-14(18-3)8-6-13/h1,5-8,17H,9-12,16H2,2-3H3. The molecule has 3 N–H and O–H groups in total. The molecule has 0 saturated carbocycles. The maximum Gasteiger partial charge on any atom is 0.118 e. The average Bonchev–Trinajstić information content (AvgIpc) is 2.43. The minimum Gasteiger partial charge on any atom is -0.497 e. The molecule has 1 rings (SSSR count). The van der Waals surface area contributed by atoms with Gasteiger partial charge < -0.3 is 10.5 Å². The Balaban J connectivity index is 2.53. The van der Waals surface area contributed by atoms with E-state index < -0.39 is 0 Å². The van der Waals surface area contributed by atoms with Gasteiger partial charge in [-0.15, -0.1) is 6.42 Å². The van der Waals surface area contributed by atoms with Crippen molar-refractivity contribution in [2.75, 3.05) is 20.2 Å². The monoisotopic (exact) mass is 246 g/mol. The Bertz CT molecular complexity index is 394. The van der Waals surface area contributed by atoms with Crippen LogP contribution < -0.4 is 15.8 Å². The Labute approximate surface area is 110 Å². The number of nitrogens with one attached hydrogen (secondary N) is 1. The van der Waals surface area contributed by atoms with Gasteiger partial charge >= 0.3 is 0 Å². The molecule has 0 radical (unpaired) electrons. The predicted molar refractivity (Wildman–Crippen MR) is 75.6 cm³/mol. The molecule has 98 valence electrons. The van der Waals surface area contributed by atoms with Crippen molar-refractivity contribution >= 4 is 0 Å². The molecule has 0 heterocycles. The van der Waals surface area contributed by atoms with Crippen LogP contribution in [-0.2, 0) is 6.42 Å². The maximum atomic E-state index is 5.81. The van der Waals surface area contributed by atoms with Gasteiger partial charge in [0.15, 0.2) is 0 Å². The van der Waals surface area contributed by atoms with Gasteiger partial charge in [-0.25, -0.2) is 0 Å². The fourth-order valence-corrected chi connectivity index (χ4v) is 1.74. The lowest BCUT2D eigenvalue weighted by molar-refractivity contribution is 0.356. The van der Waals surface area contributed by atoms with Crippen molar-refractivity contribution in [3.8, 4) is 18.1 Å². The van der Waals surface area contributed by atoms with Crippen molar-refractivity contribution in [1.29, 1.82) is 0 Å². The van der Waals surface area contributed by atoms with Crippen LogP contribution >= 0.6 is 0 Å². The zero-order valence-electron chi connectivity index (χ0n) is 11.2. The van der Waals surface area contributed by atoms with Crippen LogP contribution in [0.3, 0.4) is 0 Å². The van der Waals surface area contributed by atoms with E-state index in [2.05, 4.69) is 30.3 Å². The second-order valence-electron chi connectivity index (χ2n) is 4.67. The molecule has 3 heteroatoms. The molecule has 1 atom stereocenters. The second kappa shape index (κ2) is 7.05. The summed E-state index contributed by atoms with van der Waals surface area (Å²) in [5, 5.41) is 3.30. The van der Waals surface area contributed by atoms with E-state index in [4.69, 9.17) is 16.9 Å². The molecule has 0 aromatic heterocycles. The normalized spacial score (nSPS) is 13.7. The van der Waals surface area contributed by atoms with E-state index in [1.807, 2.05) is 12.1 Å². The summed E-state index contributed by atoms with van der Waals surface area (Å²) in [7, 11) is 1.67. The highest BCUT2D eigenvalue weighted by atomic mass is 16.5. The Kier molecular flexibility index (Phi) is 5.70. The van der Waals surface area contributed by atoms with Crippen LogP contribution in [0.4, 0.5) is 0 Å². The predicted octanol–water partition coefficient (Wildman–Crippen LogP) is 1.57. The van der Waals surface area contributed by atoms with E-state index in [0.29, 0.717) is 13.1 Å². The van der Waals surface area contributed by atoms with Crippen molar-refractivity contribution in [3.05, 3.63) is 29.8 Å². The summed E-state index contributed by atoms with van der Waals surface area (Å²) in [6.45, 7) is 3.23. The highest BCUT2D eigenvalue weighted by Gasteiger charge is 2.20. The lowest BCUT2D eigenvalue weighted by atomic mass is 9.93. The molecule has 1 aromatic carbocycles. The first-order chi connectivity index (χ1) is 8.63. The van der Waals surface area contributed by atoms with E-state index in [0.717, 1.165) is 18.6 Å². The van der Waals surface area contributed by atoms with Crippen molar-refractivity contribution < 1.29 is 4.74 Å². The molecule has 0 aliphatic heterocycles. The fraction of sp³-hybridized carbons (Fsp3) is 0.467. The molecule has 0 aliphatic carbocycles. The largest absolute Gasteiger partial charge is 0.497 e. The quantitative estimate of drug-likeness (QED) is 0.718. The Morgan fingerprint density at radius 3 is 2.56 bits per heavy atom. The minimum absolute atomic E-state index is 0.105. The van der Waals surface area contributed by atoms with Crippen molar-refractivity contribution in [1.82, 2.24) is 5.32 Å². The third-order valence-corrected chi connectivity index (χ3v) is 3.19. The number of nitrogens with two attached hydrogens (primary N) is 1. The number of terminal acetylenes is 1. The average molecular weight is 246 g/mol. The third kappa shape index (κ3) is 4.40. The zero-order chi connectivity index (χ0) is 13.4. The van der Waals surface area contributed by atoms with Gasteiger partial charge in [0.2, 0.25) is 0 Å². The highest BCUT2D eigenvalue weighted by Crippen LogP contribution is 2.16. The van der Waals surface area contributed by atoms with E-state index >= 15 is 0 Å². The summed E-state index contributed by atoms with van der Waals surface area (Å²) in [6.07, 6.45) is 7.19. The Morgan fingerprint density at radius 1 is 1.39 bits per heavy atom. The van der Waals surface area contributed by atoms with Gasteiger partial charge in [-0.1, -0.05) is 18.1 Å². The van der Waals surface area contributed by atoms with E-state index in [-0.39, 0.29) is 5.54 Å². The van der Waals surface area contributed by atoms with Gasteiger partial charge in [0.05, 0.1) is 13.7 Å². The summed E-state index contributed by atoms with van der Waals surface area (Å²) in [6, 6.07) is 8.11. The fourth-order valence-electron chi connectivity index (χ4n) is 1.74. The highest BCUT2D eigenvalue weighted by molar-refractivity contribution is 5.27. The van der Waals surface area contributed by atoms with Crippen molar-refractivity contribution in [2.24, 2.45) is 5.73 Å². The first-order valence-electron chi connectivity index (χ1n) is 6.15. The number of methoxy groups -OCH3 is 1. The van der Waals surface area contributed by atoms with Gasteiger partial charge in [0.25, 0.3) is 0 Å². The first kappa shape index (κ1) is 14.6. The topological polar surface area (TPSA) is 47.3 Å². The third-order valence-electron chi connectivity index (χ3n) is 3.19. The Morgan fingerprint density at radius 2 is 2.06 bits per heavy atom. The SMILES string of the molecule is C#CCNC(C)(CN)CCc1ccc(OC)cc1. The number of ether oxygens (including phenoxy) is 1. The smallest absolute Gasteiger partial charge is 0.118 e. The summed E-state index contributed by atoms with van der Waals surface area (Å²) >= 11 is 0. The van der Waals surface area contributed by atoms with Crippen LogP contribution in [0.2, 0.25) is 0 Å². The van der Waals surface area contributed by atoms with Gasteiger partial charge in [0.1, 0.15) is 5.75 Å². The molecule has 18 heavy (non-hydrogen) atoms. The van der Waals surface area contributed by atoms with E-state index in [1.54, 1.807) is 7.11 Å². The lowest BCUT2D eigenvalue weighted by Crippen LogP contribution is -2.49. The maximum absolute atomic E-state index is 5.81. The summed E-state index contributed by atoms with van der Waals surface area (Å²) < 4.78 is 5.13. The summed E-state index contributed by atoms with van der Waals surface area (Å²) in [5.41, 5.74) is 6.98. The van der Waals surface area contributed by atoms with Gasteiger partial charge in [0, 0.05) is 12.1 Å². The van der Waals surface area contributed by atoms with Crippen LogP contribution in [0.1, 0.15) is 18.9 Å². The van der Waals surface area contributed by atoms with Gasteiger partial charge in [-0.05, 0) is 37.5 Å². The van der Waals surface area contributed by atoms with E-state index in [9.17, 15) is 0 Å². The molecule has 3 nitrogen and oxygen atoms in total. The zero-order valence-corrected chi connectivity index (χ0v) is 11.2. The van der Waals surface area contributed by atoms with Crippen LogP contribution in [0, 0.1) is 12.3 Å². The van der Waals surface area contributed by atoms with Crippen molar-refractivity contribution in [3.63, 3.8) is 0 Å². The molecule has 0 spiro atoms. The molecule has 1 unspecified atom stereocenters. The number of benzene rings is 1. The molecule has 0 bridgehead atoms. The molecular weight excluding hydrogens is 224 g/mol. The number of rotatable bonds is 7. The van der Waals surface area contributed by atoms with Crippen molar-refractivity contribution in [2.45, 2.75) is 25.3 Å². The summed E-state index contributed by atoms with van der Waals surface area (Å²) in [4.78, 5) is 0.